The fraction of sp³-hybridized carbons (Fsp3) is 0.304. The predicted octanol–water partition coefficient (Wildman–Crippen LogP) is 3.56. The van der Waals surface area contributed by atoms with Gasteiger partial charge in [0.2, 0.25) is 5.91 Å². The minimum Gasteiger partial charge on any atom is -0.459 e. The van der Waals surface area contributed by atoms with Crippen molar-refractivity contribution < 1.29 is 41.8 Å². The van der Waals surface area contributed by atoms with E-state index < -0.39 is 54.5 Å². The summed E-state index contributed by atoms with van der Waals surface area (Å²) in [5.74, 6) is -3.73. The number of hydrogen-bond acceptors (Lipinski definition) is 6. The topological polar surface area (TPSA) is 93.2 Å². The molecule has 3 amide bonds. The summed E-state index contributed by atoms with van der Waals surface area (Å²) in [6.07, 6.45) is -4.97. The van der Waals surface area contributed by atoms with Crippen LogP contribution < -0.4 is 9.64 Å². The van der Waals surface area contributed by atoms with Crippen molar-refractivity contribution in [2.45, 2.75) is 32.7 Å². The number of halogens is 3. The first-order valence-corrected chi connectivity index (χ1v) is 10.1. The zero-order valence-corrected chi connectivity index (χ0v) is 18.5. The molecule has 2 aromatic carbocycles. The summed E-state index contributed by atoms with van der Waals surface area (Å²) >= 11 is 0. The van der Waals surface area contributed by atoms with E-state index in [-0.39, 0.29) is 16.8 Å². The van der Waals surface area contributed by atoms with Gasteiger partial charge in [-0.15, -0.1) is 13.2 Å². The summed E-state index contributed by atoms with van der Waals surface area (Å²) in [6, 6.07) is 10.4. The van der Waals surface area contributed by atoms with Crippen molar-refractivity contribution >= 4 is 29.4 Å². The second-order valence-electron chi connectivity index (χ2n) is 8.35. The maximum Gasteiger partial charge on any atom is 0.573 e. The highest BCUT2D eigenvalue weighted by Crippen LogP contribution is 2.28. The zero-order chi connectivity index (χ0) is 25.3. The highest BCUT2D eigenvalue weighted by molar-refractivity contribution is 6.22. The molecule has 0 unspecified atom stereocenters. The lowest BCUT2D eigenvalue weighted by Gasteiger charge is -2.27. The van der Waals surface area contributed by atoms with E-state index in [9.17, 15) is 32.3 Å². The molecule has 0 atom stereocenters. The molecule has 0 spiro atoms. The molecule has 8 nitrogen and oxygen atoms in total. The van der Waals surface area contributed by atoms with Gasteiger partial charge in [-0.25, -0.2) is 0 Å². The van der Waals surface area contributed by atoms with Crippen LogP contribution in [0.2, 0.25) is 0 Å². The number of anilines is 1. The van der Waals surface area contributed by atoms with Crippen molar-refractivity contribution in [2.24, 2.45) is 0 Å². The van der Waals surface area contributed by atoms with Gasteiger partial charge in [0, 0.05) is 11.8 Å². The number of esters is 1. The van der Waals surface area contributed by atoms with Gasteiger partial charge in [-0.3, -0.25) is 29.0 Å². The van der Waals surface area contributed by atoms with Crippen molar-refractivity contribution in [3.63, 3.8) is 0 Å². The molecule has 11 heteroatoms. The van der Waals surface area contributed by atoms with Crippen molar-refractivity contribution in [3.8, 4) is 5.75 Å². The average molecular weight is 478 g/mol. The van der Waals surface area contributed by atoms with Crippen LogP contribution >= 0.6 is 0 Å². The summed E-state index contributed by atoms with van der Waals surface area (Å²) in [4.78, 5) is 52.4. The second kappa shape index (κ2) is 9.16. The Labute approximate surface area is 192 Å². The molecule has 2 aromatic rings. The lowest BCUT2D eigenvalue weighted by atomic mass is 10.1. The quantitative estimate of drug-likeness (QED) is 0.466. The number of fused-ring (bicyclic) bond motifs is 1. The Kier molecular flexibility index (Phi) is 6.67. The summed E-state index contributed by atoms with van der Waals surface area (Å²) in [5.41, 5.74) is -0.761. The minimum absolute atomic E-state index is 0.116. The first-order chi connectivity index (χ1) is 15.7. The molecular formula is C23H21F3N2O6. The van der Waals surface area contributed by atoms with E-state index in [1.54, 1.807) is 32.9 Å². The molecule has 0 saturated heterocycles. The van der Waals surface area contributed by atoms with Crippen LogP contribution in [-0.2, 0) is 14.3 Å². The Morgan fingerprint density at radius 1 is 0.941 bits per heavy atom. The van der Waals surface area contributed by atoms with Crippen molar-refractivity contribution in [1.82, 2.24) is 4.90 Å². The molecule has 0 saturated carbocycles. The minimum atomic E-state index is -4.97. The normalized spacial score (nSPS) is 13.5. The number of imide groups is 1. The van der Waals surface area contributed by atoms with E-state index in [2.05, 4.69) is 4.74 Å². The van der Waals surface area contributed by atoms with E-state index in [0.29, 0.717) is 4.90 Å². The van der Waals surface area contributed by atoms with Gasteiger partial charge in [-0.2, -0.15) is 0 Å². The van der Waals surface area contributed by atoms with Gasteiger partial charge >= 0.3 is 12.3 Å². The first kappa shape index (κ1) is 24.7. The van der Waals surface area contributed by atoms with Gasteiger partial charge in [0.05, 0.1) is 11.1 Å². The van der Waals surface area contributed by atoms with Crippen LogP contribution in [0, 0.1) is 0 Å². The van der Waals surface area contributed by atoms with Gasteiger partial charge < -0.3 is 9.47 Å². The molecule has 0 N–H and O–H groups in total. The Balaban J connectivity index is 1.89. The monoisotopic (exact) mass is 478 g/mol. The van der Waals surface area contributed by atoms with Gasteiger partial charge in [-0.1, -0.05) is 18.2 Å². The molecule has 0 bridgehead atoms. The number of nitrogens with zero attached hydrogens (tertiary/aromatic N) is 2. The van der Waals surface area contributed by atoms with Gasteiger partial charge in [0.1, 0.15) is 24.4 Å². The molecule has 1 aliphatic rings. The highest BCUT2D eigenvalue weighted by atomic mass is 19.4. The van der Waals surface area contributed by atoms with Crippen LogP contribution in [0.5, 0.6) is 5.75 Å². The molecule has 34 heavy (non-hydrogen) atoms. The zero-order valence-electron chi connectivity index (χ0n) is 18.5. The number of alkyl halides is 3. The van der Waals surface area contributed by atoms with Crippen molar-refractivity contribution in [3.05, 3.63) is 59.7 Å². The summed E-state index contributed by atoms with van der Waals surface area (Å²) in [5, 5.41) is 0. The highest BCUT2D eigenvalue weighted by Gasteiger charge is 2.38. The Morgan fingerprint density at radius 3 is 2.06 bits per heavy atom. The Hall–Kier alpha value is -3.89. The van der Waals surface area contributed by atoms with Gasteiger partial charge in [-0.05, 0) is 45.0 Å². The Bertz CT molecular complexity index is 1110. The van der Waals surface area contributed by atoms with E-state index in [1.807, 2.05) is 0 Å². The lowest BCUT2D eigenvalue weighted by Crippen LogP contribution is -2.45. The predicted molar refractivity (Wildman–Crippen MR) is 113 cm³/mol. The molecule has 0 radical (unpaired) electrons. The molecule has 180 valence electrons. The largest absolute Gasteiger partial charge is 0.573 e. The number of hydrogen-bond donors (Lipinski definition) is 0. The third-order valence-corrected chi connectivity index (χ3v) is 4.54. The number of benzene rings is 2. The molecule has 0 fully saturated rings. The van der Waals surface area contributed by atoms with E-state index >= 15 is 0 Å². The van der Waals surface area contributed by atoms with Crippen LogP contribution in [0.3, 0.4) is 0 Å². The van der Waals surface area contributed by atoms with E-state index in [1.165, 1.54) is 24.3 Å². The SMILES string of the molecule is CC(C)(C)OC(=O)CN(C(=O)CN1C(=O)c2ccccc2C1=O)c1cccc(OC(F)(F)F)c1. The molecule has 0 aromatic heterocycles. The number of carbonyl (C=O) groups excluding carboxylic acids is 4. The average Bonchev–Trinajstić information content (AvgIpc) is 2.95. The fourth-order valence-corrected chi connectivity index (χ4v) is 3.28. The fourth-order valence-electron chi connectivity index (χ4n) is 3.28. The van der Waals surface area contributed by atoms with Gasteiger partial charge in [0.25, 0.3) is 11.8 Å². The molecule has 0 aliphatic carbocycles. The maximum absolute atomic E-state index is 13.1. The number of carbonyl (C=O) groups is 4. The van der Waals surface area contributed by atoms with E-state index in [4.69, 9.17) is 4.74 Å². The lowest BCUT2D eigenvalue weighted by molar-refractivity contribution is -0.274. The van der Waals surface area contributed by atoms with Crippen LogP contribution in [0.1, 0.15) is 41.5 Å². The second-order valence-corrected chi connectivity index (χ2v) is 8.35. The number of ether oxygens (including phenoxy) is 2. The standard InChI is InChI=1S/C23H21F3N2O6/c1-22(2,3)34-19(30)13-27(14-7-6-8-15(11-14)33-23(24,25)26)18(29)12-28-20(31)16-9-4-5-10-17(16)21(28)32/h4-11H,12-13H2,1-3H3. The van der Waals surface area contributed by atoms with E-state index in [0.717, 1.165) is 17.0 Å². The smallest absolute Gasteiger partial charge is 0.459 e. The summed E-state index contributed by atoms with van der Waals surface area (Å²) in [6.45, 7) is 3.41. The molecule has 3 rings (SSSR count). The Morgan fingerprint density at radius 2 is 1.53 bits per heavy atom. The van der Waals surface area contributed by atoms with Crippen LogP contribution in [-0.4, -0.2) is 53.6 Å². The maximum atomic E-state index is 13.1. The molecular weight excluding hydrogens is 457 g/mol. The van der Waals surface area contributed by atoms with Crippen molar-refractivity contribution in [1.29, 1.82) is 0 Å². The molecule has 1 aliphatic heterocycles. The van der Waals surface area contributed by atoms with Crippen LogP contribution in [0.25, 0.3) is 0 Å². The molecule has 1 heterocycles. The van der Waals surface area contributed by atoms with Crippen LogP contribution in [0.15, 0.2) is 48.5 Å². The van der Waals surface area contributed by atoms with Crippen LogP contribution in [0.4, 0.5) is 18.9 Å². The summed E-state index contributed by atoms with van der Waals surface area (Å²) in [7, 11) is 0. The number of amides is 3. The van der Waals surface area contributed by atoms with Crippen molar-refractivity contribution in [2.75, 3.05) is 18.0 Å². The third-order valence-electron chi connectivity index (χ3n) is 4.54. The third kappa shape index (κ3) is 5.91. The first-order valence-electron chi connectivity index (χ1n) is 10.1. The van der Waals surface area contributed by atoms with Gasteiger partial charge in [0.15, 0.2) is 0 Å². The summed E-state index contributed by atoms with van der Waals surface area (Å²) < 4.78 is 47.1. The number of rotatable bonds is 6.